The molecule has 0 amide bonds. The lowest BCUT2D eigenvalue weighted by molar-refractivity contribution is -0.134. The summed E-state index contributed by atoms with van der Waals surface area (Å²) in [6, 6.07) is 7.84. The molecule has 1 aromatic carbocycles. The average Bonchev–Trinajstić information content (AvgIpc) is 2.87. The Morgan fingerprint density at radius 3 is 2.57 bits per heavy atom. The number of fused-ring (bicyclic) bond motifs is 1. The van der Waals surface area contributed by atoms with Gasteiger partial charge < -0.3 is 9.47 Å². The smallest absolute Gasteiger partial charge is 0.312 e. The lowest BCUT2D eigenvalue weighted by Crippen LogP contribution is -2.32. The number of hydrogen-bond donors (Lipinski definition) is 0. The number of carbonyl (C=O) groups excluding carboxylic acids is 1. The Kier molecular flexibility index (Phi) is 10.5. The van der Waals surface area contributed by atoms with E-state index < -0.39 is 0 Å². The first-order chi connectivity index (χ1) is 17.0. The summed E-state index contributed by atoms with van der Waals surface area (Å²) < 4.78 is 11.3. The minimum atomic E-state index is -0.298. The molecule has 0 radical (unpaired) electrons. The van der Waals surface area contributed by atoms with E-state index in [1.165, 1.54) is 31.2 Å². The molecule has 0 aliphatic carbocycles. The highest BCUT2D eigenvalue weighted by atomic mass is 32.2. The summed E-state index contributed by atoms with van der Waals surface area (Å²) in [7, 11) is 0. The molecule has 1 aliphatic heterocycles. The number of benzene rings is 1. The normalized spacial score (nSPS) is 13.8. The predicted octanol–water partition coefficient (Wildman–Crippen LogP) is 7.09. The van der Waals surface area contributed by atoms with Crippen LogP contribution in [0.4, 0.5) is 0 Å². The third kappa shape index (κ3) is 7.24. The van der Waals surface area contributed by atoms with E-state index >= 15 is 0 Å². The first-order valence-electron chi connectivity index (χ1n) is 13.1. The first kappa shape index (κ1) is 27.1. The summed E-state index contributed by atoms with van der Waals surface area (Å²) in [5.41, 5.74) is 2.97. The van der Waals surface area contributed by atoms with Crippen LogP contribution in [-0.4, -0.2) is 28.5 Å². The Labute approximate surface area is 214 Å². The van der Waals surface area contributed by atoms with Gasteiger partial charge in [0.15, 0.2) is 0 Å². The number of thioether (sulfide) groups is 1. The van der Waals surface area contributed by atoms with E-state index in [2.05, 4.69) is 54.9 Å². The second kappa shape index (κ2) is 13.5. The molecule has 0 saturated heterocycles. The number of esters is 1. The van der Waals surface area contributed by atoms with E-state index in [9.17, 15) is 4.79 Å². The SMILES string of the molecule is CCCCCCSc1cc2c(cc1C#Cc1ccc(OC(=O)CCC)nn1)C(CC)(CC)CCO2. The van der Waals surface area contributed by atoms with Gasteiger partial charge >= 0.3 is 5.97 Å². The second-order valence-electron chi connectivity index (χ2n) is 9.07. The van der Waals surface area contributed by atoms with Crippen LogP contribution in [0.25, 0.3) is 0 Å². The Morgan fingerprint density at radius 2 is 1.89 bits per heavy atom. The minimum Gasteiger partial charge on any atom is -0.493 e. The Morgan fingerprint density at radius 1 is 1.06 bits per heavy atom. The average molecular weight is 495 g/mol. The van der Waals surface area contributed by atoms with Gasteiger partial charge in [-0.2, -0.15) is 0 Å². The summed E-state index contributed by atoms with van der Waals surface area (Å²) in [5, 5.41) is 8.16. The molecule has 0 unspecified atom stereocenters. The zero-order chi connectivity index (χ0) is 25.1. The molecule has 0 N–H and O–H groups in total. The lowest BCUT2D eigenvalue weighted by Gasteiger charge is -2.38. The molecule has 1 aliphatic rings. The van der Waals surface area contributed by atoms with Gasteiger partial charge in [-0.05, 0) is 62.0 Å². The van der Waals surface area contributed by atoms with Crippen LogP contribution in [0, 0.1) is 11.8 Å². The van der Waals surface area contributed by atoms with Crippen LogP contribution in [0.15, 0.2) is 29.2 Å². The molecule has 3 rings (SSSR count). The zero-order valence-electron chi connectivity index (χ0n) is 21.6. The first-order valence-corrected chi connectivity index (χ1v) is 14.0. The van der Waals surface area contributed by atoms with Crippen molar-refractivity contribution in [1.29, 1.82) is 0 Å². The molecule has 188 valence electrons. The summed E-state index contributed by atoms with van der Waals surface area (Å²) in [4.78, 5) is 12.8. The molecule has 2 heterocycles. The maximum absolute atomic E-state index is 11.7. The predicted molar refractivity (Wildman–Crippen MR) is 142 cm³/mol. The molecule has 35 heavy (non-hydrogen) atoms. The van der Waals surface area contributed by atoms with Gasteiger partial charge in [0.25, 0.3) is 0 Å². The number of rotatable bonds is 11. The Bertz CT molecular complexity index is 1040. The molecule has 0 atom stereocenters. The van der Waals surface area contributed by atoms with Crippen LogP contribution >= 0.6 is 11.8 Å². The quantitative estimate of drug-likeness (QED) is 0.144. The molecule has 2 aromatic rings. The zero-order valence-corrected chi connectivity index (χ0v) is 22.4. The molecule has 0 spiro atoms. The lowest BCUT2D eigenvalue weighted by atomic mass is 9.71. The van der Waals surface area contributed by atoms with Crippen molar-refractivity contribution in [2.75, 3.05) is 12.4 Å². The molecule has 1 aromatic heterocycles. The van der Waals surface area contributed by atoms with Gasteiger partial charge in [0.1, 0.15) is 11.4 Å². The van der Waals surface area contributed by atoms with Gasteiger partial charge in [0.05, 0.1) is 6.61 Å². The number of aromatic nitrogens is 2. The third-order valence-electron chi connectivity index (χ3n) is 6.74. The molecular formula is C29H38N2O3S. The summed E-state index contributed by atoms with van der Waals surface area (Å²) in [6.07, 6.45) is 9.26. The van der Waals surface area contributed by atoms with E-state index in [1.807, 2.05) is 18.7 Å². The highest BCUT2D eigenvalue weighted by molar-refractivity contribution is 7.99. The second-order valence-corrected chi connectivity index (χ2v) is 10.2. The maximum Gasteiger partial charge on any atom is 0.312 e. The van der Waals surface area contributed by atoms with Gasteiger partial charge in [-0.1, -0.05) is 52.9 Å². The van der Waals surface area contributed by atoms with Crippen LogP contribution < -0.4 is 9.47 Å². The van der Waals surface area contributed by atoms with Crippen molar-refractivity contribution in [3.63, 3.8) is 0 Å². The van der Waals surface area contributed by atoms with Crippen LogP contribution in [0.3, 0.4) is 0 Å². The Hall–Kier alpha value is -2.52. The third-order valence-corrected chi connectivity index (χ3v) is 7.88. The minimum absolute atomic E-state index is 0.137. The van der Waals surface area contributed by atoms with Crippen LogP contribution in [0.1, 0.15) is 102 Å². The number of carbonyl (C=O) groups is 1. The van der Waals surface area contributed by atoms with Crippen molar-refractivity contribution >= 4 is 17.7 Å². The van der Waals surface area contributed by atoms with E-state index in [0.717, 1.165) is 54.3 Å². The molecule has 0 bridgehead atoms. The molecular weight excluding hydrogens is 456 g/mol. The number of ether oxygens (including phenoxy) is 2. The Balaban J connectivity index is 1.88. The fourth-order valence-electron chi connectivity index (χ4n) is 4.44. The highest BCUT2D eigenvalue weighted by Gasteiger charge is 2.35. The summed E-state index contributed by atoms with van der Waals surface area (Å²) >= 11 is 1.86. The maximum atomic E-state index is 11.7. The molecule has 0 fully saturated rings. The number of hydrogen-bond acceptors (Lipinski definition) is 6. The summed E-state index contributed by atoms with van der Waals surface area (Å²) in [5.74, 6) is 8.52. The van der Waals surface area contributed by atoms with E-state index in [1.54, 1.807) is 12.1 Å². The topological polar surface area (TPSA) is 61.3 Å². The fourth-order valence-corrected chi connectivity index (χ4v) is 5.47. The van der Waals surface area contributed by atoms with Gasteiger partial charge in [0.2, 0.25) is 5.88 Å². The van der Waals surface area contributed by atoms with E-state index in [-0.39, 0.29) is 17.3 Å². The number of nitrogens with zero attached hydrogens (tertiary/aromatic N) is 2. The van der Waals surface area contributed by atoms with Crippen LogP contribution in [-0.2, 0) is 10.2 Å². The van der Waals surface area contributed by atoms with E-state index in [0.29, 0.717) is 12.1 Å². The van der Waals surface area contributed by atoms with Crippen molar-refractivity contribution in [3.05, 3.63) is 41.1 Å². The monoisotopic (exact) mass is 494 g/mol. The summed E-state index contributed by atoms with van der Waals surface area (Å²) in [6.45, 7) is 9.47. The number of unbranched alkanes of at least 4 members (excludes halogenated alkanes) is 3. The van der Waals surface area contributed by atoms with Crippen molar-refractivity contribution < 1.29 is 14.3 Å². The van der Waals surface area contributed by atoms with Crippen molar-refractivity contribution in [2.45, 2.75) is 95.8 Å². The molecule has 0 saturated carbocycles. The van der Waals surface area contributed by atoms with Gasteiger partial charge in [0, 0.05) is 33.9 Å². The van der Waals surface area contributed by atoms with Gasteiger partial charge in [-0.25, -0.2) is 0 Å². The molecule has 6 heteroatoms. The highest BCUT2D eigenvalue weighted by Crippen LogP contribution is 2.46. The molecule has 5 nitrogen and oxygen atoms in total. The van der Waals surface area contributed by atoms with Crippen molar-refractivity contribution in [2.24, 2.45) is 0 Å². The van der Waals surface area contributed by atoms with Gasteiger partial charge in [-0.3, -0.25) is 4.79 Å². The van der Waals surface area contributed by atoms with E-state index in [4.69, 9.17) is 9.47 Å². The van der Waals surface area contributed by atoms with Crippen molar-refractivity contribution in [3.8, 4) is 23.5 Å². The standard InChI is InChI=1S/C29H38N2O3S/c1-5-9-10-11-19-35-26-21-25-24(29(7-3,8-4)17-18-33-25)20-22(26)13-14-23-15-16-27(31-30-23)34-28(32)12-6-2/h15-16,20-21H,5-12,17-19H2,1-4H3. The van der Waals surface area contributed by atoms with Gasteiger partial charge in [-0.15, -0.1) is 22.0 Å². The van der Waals surface area contributed by atoms with Crippen LogP contribution in [0.2, 0.25) is 0 Å². The largest absolute Gasteiger partial charge is 0.493 e. The fraction of sp³-hybridized carbons (Fsp3) is 0.552. The van der Waals surface area contributed by atoms with Crippen molar-refractivity contribution in [1.82, 2.24) is 10.2 Å². The van der Waals surface area contributed by atoms with Crippen LogP contribution in [0.5, 0.6) is 11.6 Å².